The standard InChI is InChI=1S/C22H22F3N3O/c1-15-7-9-17(10-8-15)19(22(23,24)25)27-18(13-16-5-3-2-4-6-16)20(29)28-21(14-26)11-12-21/h2-10,18-19,27H,11-13H2,1H3,(H,28,29)/t18-,19+/m0/s1. The summed E-state index contributed by atoms with van der Waals surface area (Å²) in [5, 5.41) is 14.4. The second-order valence-electron chi connectivity index (χ2n) is 7.48. The van der Waals surface area contributed by atoms with Crippen molar-refractivity contribution in [1.82, 2.24) is 10.6 Å². The van der Waals surface area contributed by atoms with Gasteiger partial charge in [-0.1, -0.05) is 60.2 Å². The van der Waals surface area contributed by atoms with Gasteiger partial charge in [0.05, 0.1) is 12.1 Å². The fourth-order valence-corrected chi connectivity index (χ4v) is 3.13. The van der Waals surface area contributed by atoms with Gasteiger partial charge in [-0.25, -0.2) is 0 Å². The SMILES string of the molecule is Cc1ccc([C@@H](N[C@@H](Cc2ccccc2)C(=O)NC2(C#N)CC2)C(F)(F)F)cc1. The summed E-state index contributed by atoms with van der Waals surface area (Å²) in [5.41, 5.74) is 0.658. The van der Waals surface area contributed by atoms with Crippen LogP contribution in [0.25, 0.3) is 0 Å². The molecule has 0 unspecified atom stereocenters. The molecule has 1 aliphatic carbocycles. The summed E-state index contributed by atoms with van der Waals surface area (Å²) in [6.45, 7) is 1.79. The molecule has 1 amide bonds. The van der Waals surface area contributed by atoms with E-state index >= 15 is 0 Å². The van der Waals surface area contributed by atoms with Crippen molar-refractivity contribution in [1.29, 1.82) is 5.26 Å². The predicted octanol–water partition coefficient (Wildman–Crippen LogP) is 3.97. The number of aryl methyl sites for hydroxylation is 1. The Labute approximate surface area is 167 Å². The van der Waals surface area contributed by atoms with Crippen LogP contribution in [0.5, 0.6) is 0 Å². The maximum atomic E-state index is 13.8. The van der Waals surface area contributed by atoms with Crippen molar-refractivity contribution in [3.05, 3.63) is 71.3 Å². The highest BCUT2D eigenvalue weighted by molar-refractivity contribution is 5.83. The van der Waals surface area contributed by atoms with Crippen molar-refractivity contribution in [2.24, 2.45) is 0 Å². The molecule has 0 heterocycles. The van der Waals surface area contributed by atoms with E-state index in [4.69, 9.17) is 0 Å². The number of nitriles is 1. The first-order valence-electron chi connectivity index (χ1n) is 9.39. The average Bonchev–Trinajstić information content (AvgIpc) is 3.46. The molecule has 0 radical (unpaired) electrons. The van der Waals surface area contributed by atoms with Gasteiger partial charge in [-0.05, 0) is 37.3 Å². The van der Waals surface area contributed by atoms with Crippen LogP contribution in [0.2, 0.25) is 0 Å². The van der Waals surface area contributed by atoms with Gasteiger partial charge in [0, 0.05) is 0 Å². The molecule has 0 bridgehead atoms. The fraction of sp³-hybridized carbons (Fsp3) is 0.364. The van der Waals surface area contributed by atoms with Gasteiger partial charge >= 0.3 is 6.18 Å². The number of nitrogens with zero attached hydrogens (tertiary/aromatic N) is 1. The smallest absolute Gasteiger partial charge is 0.336 e. The fourth-order valence-electron chi connectivity index (χ4n) is 3.13. The van der Waals surface area contributed by atoms with Crippen molar-refractivity contribution in [2.75, 3.05) is 0 Å². The van der Waals surface area contributed by atoms with E-state index in [0.29, 0.717) is 12.8 Å². The summed E-state index contributed by atoms with van der Waals surface area (Å²) < 4.78 is 41.5. The third kappa shape index (κ3) is 5.36. The van der Waals surface area contributed by atoms with Crippen LogP contribution in [-0.2, 0) is 11.2 Å². The number of amides is 1. The highest BCUT2D eigenvalue weighted by Gasteiger charge is 2.47. The Balaban J connectivity index is 1.87. The summed E-state index contributed by atoms with van der Waals surface area (Å²) in [5.74, 6) is -0.603. The minimum atomic E-state index is -4.59. The van der Waals surface area contributed by atoms with Crippen molar-refractivity contribution in [2.45, 2.75) is 50.0 Å². The molecular weight excluding hydrogens is 379 g/mol. The molecule has 29 heavy (non-hydrogen) atoms. The lowest BCUT2D eigenvalue weighted by atomic mass is 10.00. The molecule has 7 heteroatoms. The lowest BCUT2D eigenvalue weighted by Crippen LogP contribution is -2.52. The van der Waals surface area contributed by atoms with Gasteiger partial charge in [0.15, 0.2) is 0 Å². The molecule has 2 N–H and O–H groups in total. The molecule has 2 aromatic carbocycles. The molecule has 0 aliphatic heterocycles. The van der Waals surface area contributed by atoms with Gasteiger partial charge in [-0.3, -0.25) is 10.1 Å². The Kier molecular flexibility index (Phi) is 5.94. The second kappa shape index (κ2) is 8.26. The zero-order valence-corrected chi connectivity index (χ0v) is 16.0. The first-order chi connectivity index (χ1) is 13.7. The van der Waals surface area contributed by atoms with Crippen LogP contribution in [-0.4, -0.2) is 23.7 Å². The Morgan fingerprint density at radius 1 is 1.14 bits per heavy atom. The summed E-state index contributed by atoms with van der Waals surface area (Å²) in [6.07, 6.45) is -3.49. The van der Waals surface area contributed by atoms with Gasteiger partial charge in [-0.15, -0.1) is 0 Å². The lowest BCUT2D eigenvalue weighted by Gasteiger charge is -2.28. The van der Waals surface area contributed by atoms with Crippen LogP contribution in [0.4, 0.5) is 13.2 Å². The van der Waals surface area contributed by atoms with E-state index in [1.54, 1.807) is 49.4 Å². The van der Waals surface area contributed by atoms with Gasteiger partial charge in [0.25, 0.3) is 0 Å². The second-order valence-corrected chi connectivity index (χ2v) is 7.48. The number of hydrogen-bond acceptors (Lipinski definition) is 3. The predicted molar refractivity (Wildman–Crippen MR) is 103 cm³/mol. The molecule has 1 aliphatic rings. The third-order valence-corrected chi connectivity index (χ3v) is 5.03. The van der Waals surface area contributed by atoms with E-state index in [2.05, 4.69) is 10.6 Å². The number of halogens is 3. The highest BCUT2D eigenvalue weighted by Crippen LogP contribution is 2.36. The van der Waals surface area contributed by atoms with E-state index in [-0.39, 0.29) is 12.0 Å². The minimum Gasteiger partial charge on any atom is -0.336 e. The van der Waals surface area contributed by atoms with Gasteiger partial charge in [0.2, 0.25) is 5.91 Å². The Morgan fingerprint density at radius 2 is 1.76 bits per heavy atom. The first kappa shape index (κ1) is 20.9. The summed E-state index contributed by atoms with van der Waals surface area (Å²) in [7, 11) is 0. The van der Waals surface area contributed by atoms with Crippen LogP contribution in [0.1, 0.15) is 35.6 Å². The zero-order valence-electron chi connectivity index (χ0n) is 16.0. The number of nitrogens with one attached hydrogen (secondary N) is 2. The molecule has 0 spiro atoms. The molecule has 2 atom stereocenters. The van der Waals surface area contributed by atoms with E-state index < -0.39 is 29.7 Å². The molecule has 0 saturated heterocycles. The minimum absolute atomic E-state index is 0.0374. The maximum absolute atomic E-state index is 13.8. The number of carbonyl (C=O) groups is 1. The first-order valence-corrected chi connectivity index (χ1v) is 9.39. The summed E-state index contributed by atoms with van der Waals surface area (Å²) >= 11 is 0. The lowest BCUT2D eigenvalue weighted by molar-refractivity contribution is -0.161. The molecule has 0 aromatic heterocycles. The summed E-state index contributed by atoms with van der Waals surface area (Å²) in [4.78, 5) is 12.8. The zero-order chi connectivity index (χ0) is 21.1. The number of benzene rings is 2. The molecule has 3 rings (SSSR count). The molecule has 1 saturated carbocycles. The van der Waals surface area contributed by atoms with Crippen LogP contribution < -0.4 is 10.6 Å². The largest absolute Gasteiger partial charge is 0.407 e. The van der Waals surface area contributed by atoms with Crippen LogP contribution >= 0.6 is 0 Å². The van der Waals surface area contributed by atoms with Crippen molar-refractivity contribution >= 4 is 5.91 Å². The van der Waals surface area contributed by atoms with Crippen molar-refractivity contribution < 1.29 is 18.0 Å². The quantitative estimate of drug-likeness (QED) is 0.738. The van der Waals surface area contributed by atoms with E-state index in [1.807, 2.05) is 6.07 Å². The number of alkyl halides is 3. The highest BCUT2D eigenvalue weighted by atomic mass is 19.4. The van der Waals surface area contributed by atoms with Crippen LogP contribution in [0.3, 0.4) is 0 Å². The molecule has 2 aromatic rings. The Hall–Kier alpha value is -2.85. The normalized spacial score (nSPS) is 17.1. The maximum Gasteiger partial charge on any atom is 0.407 e. The van der Waals surface area contributed by atoms with E-state index in [9.17, 15) is 23.2 Å². The summed E-state index contributed by atoms with van der Waals surface area (Å²) in [6, 6.07) is 13.8. The van der Waals surface area contributed by atoms with Crippen molar-refractivity contribution in [3.63, 3.8) is 0 Å². The Bertz CT molecular complexity index is 884. The van der Waals surface area contributed by atoms with E-state index in [0.717, 1.165) is 11.1 Å². The molecule has 1 fully saturated rings. The van der Waals surface area contributed by atoms with Gasteiger partial charge in [-0.2, -0.15) is 18.4 Å². The van der Waals surface area contributed by atoms with Crippen molar-refractivity contribution in [3.8, 4) is 6.07 Å². The molecule has 4 nitrogen and oxygen atoms in total. The Morgan fingerprint density at radius 3 is 2.28 bits per heavy atom. The topological polar surface area (TPSA) is 64.9 Å². The molecule has 152 valence electrons. The van der Waals surface area contributed by atoms with Crippen LogP contribution in [0.15, 0.2) is 54.6 Å². The monoisotopic (exact) mass is 401 g/mol. The van der Waals surface area contributed by atoms with Gasteiger partial charge in [0.1, 0.15) is 11.6 Å². The third-order valence-electron chi connectivity index (χ3n) is 5.03. The average molecular weight is 401 g/mol. The van der Waals surface area contributed by atoms with Crippen LogP contribution in [0, 0.1) is 18.3 Å². The van der Waals surface area contributed by atoms with E-state index in [1.165, 1.54) is 12.1 Å². The number of hydrogen-bond donors (Lipinski definition) is 2. The van der Waals surface area contributed by atoms with Gasteiger partial charge < -0.3 is 5.32 Å². The number of rotatable bonds is 7. The number of carbonyl (C=O) groups excluding carboxylic acids is 1. The molecular formula is C22H22F3N3O.